The number of aryl methyl sites for hydroxylation is 1. The van der Waals surface area contributed by atoms with Crippen molar-refractivity contribution in [3.8, 4) is 11.1 Å². The minimum atomic E-state index is -5.40. The number of rotatable bonds is 4. The molecule has 2 aliphatic rings. The predicted molar refractivity (Wildman–Crippen MR) is 202 cm³/mol. The Kier molecular flexibility index (Phi) is 10.1. The normalized spacial score (nSPS) is 14.5. The summed E-state index contributed by atoms with van der Waals surface area (Å²) in [6.45, 7) is 17.9. The van der Waals surface area contributed by atoms with E-state index >= 15 is 0 Å². The Morgan fingerprint density at radius 1 is 0.708 bits per heavy atom. The molecular weight excluding hydrogens is 724 g/mol. The van der Waals surface area contributed by atoms with E-state index in [9.17, 15) is 13.2 Å². The van der Waals surface area contributed by atoms with Crippen LogP contribution in [0.1, 0.15) is 86.9 Å². The van der Waals surface area contributed by atoms with Gasteiger partial charge in [-0.15, -0.1) is 24.8 Å². The second kappa shape index (κ2) is 12.7. The van der Waals surface area contributed by atoms with Gasteiger partial charge in [-0.3, -0.25) is 0 Å². The fraction of sp³-hybridized carbons (Fsp3) is 0.310. The number of hydrogen-bond donors (Lipinski definition) is 0. The SMILES string of the molecule is Cl.Cl.[CH2]=[Zr]([C]1=CC=CC1)([c]1ccccc1)([c]1cccc(C(F)(F)F)c1)[c]1c(C)c(C(C)(C)C)cc2c1Cc1cc(C)c(C(C)(C)C)cc1-2. The summed E-state index contributed by atoms with van der Waals surface area (Å²) >= 11 is -5.40. The quantitative estimate of drug-likeness (QED) is 0.171. The summed E-state index contributed by atoms with van der Waals surface area (Å²) in [5, 5.41) is 0. The molecule has 0 heterocycles. The molecule has 0 saturated heterocycles. The summed E-state index contributed by atoms with van der Waals surface area (Å²) in [5.74, 6) is 0. The molecule has 0 amide bonds. The molecule has 0 atom stereocenters. The van der Waals surface area contributed by atoms with Crippen LogP contribution in [-0.4, -0.2) is 4.21 Å². The van der Waals surface area contributed by atoms with Crippen molar-refractivity contribution in [3.05, 3.63) is 133 Å². The van der Waals surface area contributed by atoms with Crippen molar-refractivity contribution >= 4 is 38.8 Å². The third kappa shape index (κ3) is 5.78. The monoisotopic (exact) mass is 768 g/mol. The van der Waals surface area contributed by atoms with Crippen LogP contribution in [0, 0.1) is 13.8 Å². The van der Waals surface area contributed by atoms with Crippen LogP contribution in [0.4, 0.5) is 13.2 Å². The summed E-state index contributed by atoms with van der Waals surface area (Å²) in [6, 6.07) is 23.6. The molecule has 0 bridgehead atoms. The number of hydrogen-bond acceptors (Lipinski definition) is 0. The van der Waals surface area contributed by atoms with Gasteiger partial charge in [0.05, 0.1) is 0 Å². The summed E-state index contributed by atoms with van der Waals surface area (Å²) in [6.07, 6.45) is 3.33. The second-order valence-corrected chi connectivity index (χ2v) is 28.5. The summed E-state index contributed by atoms with van der Waals surface area (Å²) in [5.41, 5.74) is 9.12. The van der Waals surface area contributed by atoms with Gasteiger partial charge in [-0.25, -0.2) is 0 Å². The van der Waals surface area contributed by atoms with E-state index in [1.54, 1.807) is 6.07 Å². The maximum absolute atomic E-state index is 14.5. The summed E-state index contributed by atoms with van der Waals surface area (Å²) in [4.78, 5) is 0. The third-order valence-corrected chi connectivity index (χ3v) is 27.3. The Morgan fingerprint density at radius 3 is 1.88 bits per heavy atom. The van der Waals surface area contributed by atoms with E-state index in [2.05, 4.69) is 104 Å². The molecule has 4 aromatic rings. The van der Waals surface area contributed by atoms with E-state index in [0.29, 0.717) is 6.42 Å². The average molecular weight is 771 g/mol. The average Bonchev–Trinajstić information content (AvgIpc) is 3.64. The second-order valence-electron chi connectivity index (χ2n) is 15.7. The van der Waals surface area contributed by atoms with Crippen molar-refractivity contribution in [2.24, 2.45) is 0 Å². The van der Waals surface area contributed by atoms with Gasteiger partial charge in [-0.2, -0.15) is 0 Å². The Balaban J connectivity index is 0.00000260. The van der Waals surface area contributed by atoms with Gasteiger partial charge in [0, 0.05) is 0 Å². The first-order valence-corrected chi connectivity index (χ1v) is 23.0. The van der Waals surface area contributed by atoms with E-state index in [1.165, 1.54) is 63.2 Å². The Labute approximate surface area is 298 Å². The van der Waals surface area contributed by atoms with E-state index in [1.807, 2.05) is 24.3 Å². The number of benzene rings is 4. The van der Waals surface area contributed by atoms with Crippen molar-refractivity contribution in [2.45, 2.75) is 85.2 Å². The van der Waals surface area contributed by atoms with Crippen molar-refractivity contribution in [3.63, 3.8) is 0 Å². The molecule has 0 saturated carbocycles. The molecule has 48 heavy (non-hydrogen) atoms. The molecule has 254 valence electrons. The molecule has 6 rings (SSSR count). The first kappa shape index (κ1) is 38.3. The molecule has 0 N–H and O–H groups in total. The molecule has 4 aromatic carbocycles. The predicted octanol–water partition coefficient (Wildman–Crippen LogP) is 10.6. The molecular formula is C42H47Cl2F3Zr. The third-order valence-electron chi connectivity index (χ3n) is 10.7. The molecule has 0 aromatic heterocycles. The van der Waals surface area contributed by atoms with Crippen LogP contribution in [0.2, 0.25) is 0 Å². The van der Waals surface area contributed by atoms with Gasteiger partial charge < -0.3 is 0 Å². The van der Waals surface area contributed by atoms with Gasteiger partial charge >= 0.3 is 275 Å². The maximum atomic E-state index is 14.5. The van der Waals surface area contributed by atoms with Crippen molar-refractivity contribution < 1.29 is 31.5 Å². The van der Waals surface area contributed by atoms with Gasteiger partial charge in [0.2, 0.25) is 0 Å². The van der Waals surface area contributed by atoms with Gasteiger partial charge in [0.15, 0.2) is 0 Å². The Morgan fingerprint density at radius 2 is 1.31 bits per heavy atom. The number of fused-ring (bicyclic) bond motifs is 3. The van der Waals surface area contributed by atoms with Gasteiger partial charge in [-0.05, 0) is 0 Å². The van der Waals surface area contributed by atoms with Gasteiger partial charge in [0.25, 0.3) is 0 Å². The zero-order valence-corrected chi connectivity index (χ0v) is 33.3. The van der Waals surface area contributed by atoms with Crippen LogP contribution in [0.5, 0.6) is 0 Å². The molecule has 2 aliphatic carbocycles. The molecule has 0 radical (unpaired) electrons. The first-order chi connectivity index (χ1) is 21.4. The van der Waals surface area contributed by atoms with E-state index in [-0.39, 0.29) is 35.6 Å². The number of allylic oxidation sites excluding steroid dienone is 4. The van der Waals surface area contributed by atoms with Crippen LogP contribution in [-0.2, 0) is 41.7 Å². The topological polar surface area (TPSA) is 0 Å². The van der Waals surface area contributed by atoms with Crippen LogP contribution in [0.3, 0.4) is 0 Å². The van der Waals surface area contributed by atoms with Gasteiger partial charge in [0.1, 0.15) is 0 Å². The standard InChI is InChI=1S/C23H29.C7H4F3.C6H5.C5H5.CH2.2ClH.Zr/c1-14-9-16-11-17-10-15(2)21(23(6,7)8)13-19(17)18(16)12-20(14)22(3,4)5;8-7(9,10)6-4-2-1-3-5-6;1-2-4-6-5-3-1;1-2-4-5-3-1;;;;/h9,12-13H,11H2,1-8H3;1-2,4-5H;1-5H;1-3H,4H2;1H2;2*1H;. The van der Waals surface area contributed by atoms with E-state index in [0.717, 1.165) is 13.0 Å². The van der Waals surface area contributed by atoms with Crippen LogP contribution in [0.25, 0.3) is 11.1 Å². The minimum absolute atomic E-state index is 0. The van der Waals surface area contributed by atoms with E-state index in [4.69, 9.17) is 4.21 Å². The van der Waals surface area contributed by atoms with Crippen LogP contribution >= 0.6 is 24.8 Å². The number of halogens is 5. The van der Waals surface area contributed by atoms with Crippen molar-refractivity contribution in [1.82, 2.24) is 0 Å². The van der Waals surface area contributed by atoms with Crippen LogP contribution in [0.15, 0.2) is 94.3 Å². The molecule has 0 unspecified atom stereocenters. The Bertz CT molecular complexity index is 2020. The van der Waals surface area contributed by atoms with Crippen LogP contribution < -0.4 is 9.81 Å². The summed E-state index contributed by atoms with van der Waals surface area (Å²) < 4.78 is 53.2. The number of alkyl halides is 3. The first-order valence-electron chi connectivity index (χ1n) is 16.3. The fourth-order valence-corrected chi connectivity index (χ4v) is 25.2. The zero-order chi connectivity index (χ0) is 33.5. The fourth-order valence-electron chi connectivity index (χ4n) is 8.64. The van der Waals surface area contributed by atoms with Crippen molar-refractivity contribution in [1.29, 1.82) is 0 Å². The zero-order valence-electron chi connectivity index (χ0n) is 29.2. The van der Waals surface area contributed by atoms with Gasteiger partial charge in [-0.1, -0.05) is 0 Å². The molecule has 0 fully saturated rings. The van der Waals surface area contributed by atoms with Crippen molar-refractivity contribution in [2.75, 3.05) is 0 Å². The molecule has 0 aliphatic heterocycles. The van der Waals surface area contributed by atoms with E-state index < -0.39 is 30.0 Å². The molecule has 6 heteroatoms. The molecule has 0 nitrogen and oxygen atoms in total. The summed E-state index contributed by atoms with van der Waals surface area (Å²) in [7, 11) is 0. The molecule has 0 spiro atoms. The Hall–Kier alpha value is -2.52.